The molecule has 1 aromatic heterocycles. The van der Waals surface area contributed by atoms with E-state index in [-0.39, 0.29) is 11.4 Å². The summed E-state index contributed by atoms with van der Waals surface area (Å²) in [4.78, 5) is 28.9. The highest BCUT2D eigenvalue weighted by Crippen LogP contribution is 2.29. The molecule has 1 aliphatic rings. The Balaban J connectivity index is 1.66. The molecule has 29 heavy (non-hydrogen) atoms. The monoisotopic (exact) mass is 394 g/mol. The summed E-state index contributed by atoms with van der Waals surface area (Å²) in [6, 6.07) is 12.6. The fraction of sp³-hybridized carbons (Fsp3) is 0.333. The highest BCUT2D eigenvalue weighted by atomic mass is 16.5. The predicted octanol–water partition coefficient (Wildman–Crippen LogP) is 2.94. The summed E-state index contributed by atoms with van der Waals surface area (Å²) in [6.07, 6.45) is 4.54. The molecule has 0 aliphatic heterocycles. The number of amides is 1. The number of rotatable bonds is 7. The normalized spacial score (nSPS) is 14.5. The lowest BCUT2D eigenvalue weighted by Crippen LogP contribution is -2.46. The van der Waals surface area contributed by atoms with E-state index in [0.717, 1.165) is 12.8 Å². The lowest BCUT2D eigenvalue weighted by molar-refractivity contribution is -0.125. The van der Waals surface area contributed by atoms with Crippen LogP contribution >= 0.6 is 0 Å². The lowest BCUT2D eigenvalue weighted by Gasteiger charge is -2.21. The molecule has 2 aromatic rings. The average Bonchev–Trinajstić information content (AvgIpc) is 3.21. The van der Waals surface area contributed by atoms with Crippen LogP contribution in [-0.2, 0) is 9.53 Å². The molecule has 2 N–H and O–H groups in total. The molecular formula is C21H22N4O4. The van der Waals surface area contributed by atoms with Gasteiger partial charge in [-0.2, -0.15) is 5.26 Å². The van der Waals surface area contributed by atoms with E-state index in [2.05, 4.69) is 21.7 Å². The van der Waals surface area contributed by atoms with Gasteiger partial charge in [-0.1, -0.05) is 12.1 Å². The fourth-order valence-electron chi connectivity index (χ4n) is 3.30. The number of carbonyl (C=O) groups is 2. The van der Waals surface area contributed by atoms with E-state index in [0.29, 0.717) is 24.3 Å². The van der Waals surface area contributed by atoms with Crippen LogP contribution < -0.4 is 15.4 Å². The molecule has 3 rings (SSSR count). The average molecular weight is 394 g/mol. The van der Waals surface area contributed by atoms with Crippen LogP contribution in [0.25, 0.3) is 0 Å². The molecule has 1 amide bonds. The number of hydrogen-bond acceptors (Lipinski definition) is 7. The van der Waals surface area contributed by atoms with Crippen LogP contribution in [-0.4, -0.2) is 36.1 Å². The van der Waals surface area contributed by atoms with E-state index < -0.39 is 24.0 Å². The molecule has 1 saturated carbocycles. The van der Waals surface area contributed by atoms with Gasteiger partial charge in [0.1, 0.15) is 22.7 Å². The summed E-state index contributed by atoms with van der Waals surface area (Å²) in [5.74, 6) is -0.310. The summed E-state index contributed by atoms with van der Waals surface area (Å²) < 4.78 is 10.4. The number of nitrogens with zero attached hydrogens (tertiary/aromatic N) is 2. The first kappa shape index (κ1) is 20.1. The van der Waals surface area contributed by atoms with Gasteiger partial charge in [-0.05, 0) is 49.9 Å². The van der Waals surface area contributed by atoms with Crippen molar-refractivity contribution in [1.29, 1.82) is 5.26 Å². The minimum Gasteiger partial charge on any atom is -0.495 e. The van der Waals surface area contributed by atoms with E-state index in [1.165, 1.54) is 6.20 Å². The number of ether oxygens (including phenoxy) is 2. The minimum absolute atomic E-state index is 0.182. The van der Waals surface area contributed by atoms with Gasteiger partial charge in [0.25, 0.3) is 5.91 Å². The van der Waals surface area contributed by atoms with Crippen molar-refractivity contribution in [3.05, 3.63) is 48.2 Å². The minimum atomic E-state index is -0.853. The van der Waals surface area contributed by atoms with Gasteiger partial charge in [0.2, 0.25) is 0 Å². The summed E-state index contributed by atoms with van der Waals surface area (Å²) >= 11 is 0. The zero-order valence-electron chi connectivity index (χ0n) is 16.1. The lowest BCUT2D eigenvalue weighted by atomic mass is 10.00. The van der Waals surface area contributed by atoms with Crippen LogP contribution in [0.2, 0.25) is 0 Å². The van der Waals surface area contributed by atoms with E-state index in [1.54, 1.807) is 31.4 Å². The van der Waals surface area contributed by atoms with Crippen molar-refractivity contribution in [2.75, 3.05) is 19.0 Å². The highest BCUT2D eigenvalue weighted by Gasteiger charge is 2.35. The van der Waals surface area contributed by atoms with Crippen molar-refractivity contribution in [3.63, 3.8) is 0 Å². The molecule has 0 unspecified atom stereocenters. The second-order valence-electron chi connectivity index (χ2n) is 6.75. The number of pyridine rings is 1. The first-order valence-corrected chi connectivity index (χ1v) is 9.31. The number of nitrogens with one attached hydrogen (secondary N) is 2. The van der Waals surface area contributed by atoms with Crippen molar-refractivity contribution in [2.45, 2.75) is 31.2 Å². The summed E-state index contributed by atoms with van der Waals surface area (Å²) in [5.41, 5.74) is -0.0336. The van der Waals surface area contributed by atoms with Gasteiger partial charge in [0, 0.05) is 6.20 Å². The van der Waals surface area contributed by atoms with Crippen LogP contribution in [0.4, 0.5) is 11.5 Å². The van der Waals surface area contributed by atoms with Crippen molar-refractivity contribution >= 4 is 23.4 Å². The van der Waals surface area contributed by atoms with Gasteiger partial charge in [0.05, 0.1) is 18.9 Å². The number of para-hydroxylation sites is 2. The summed E-state index contributed by atoms with van der Waals surface area (Å²) in [5, 5.41) is 15.1. The Kier molecular flexibility index (Phi) is 6.29. The Hall–Kier alpha value is -3.60. The molecule has 0 radical (unpaired) electrons. The number of hydrogen-bond donors (Lipinski definition) is 2. The largest absolute Gasteiger partial charge is 0.495 e. The standard InChI is InChI=1S/C21H22N4O4/c1-28-17-9-3-2-8-16(17)24-19-15(7-6-12-23-19)20(27)29-13-18(26)25-21(14-22)10-4-5-11-21/h2-3,6-9,12H,4-5,10-11,13H2,1H3,(H,23,24)(H,25,26). The van der Waals surface area contributed by atoms with Gasteiger partial charge >= 0.3 is 5.97 Å². The molecule has 1 fully saturated rings. The molecule has 1 aromatic carbocycles. The number of aromatic nitrogens is 1. The molecule has 8 heteroatoms. The van der Waals surface area contributed by atoms with Crippen LogP contribution in [0.3, 0.4) is 0 Å². The van der Waals surface area contributed by atoms with E-state index in [4.69, 9.17) is 9.47 Å². The summed E-state index contributed by atoms with van der Waals surface area (Å²) in [6.45, 7) is -0.467. The van der Waals surface area contributed by atoms with Crippen LogP contribution in [0.15, 0.2) is 42.6 Å². The van der Waals surface area contributed by atoms with Crippen molar-refractivity contribution in [3.8, 4) is 11.8 Å². The number of nitriles is 1. The quantitative estimate of drug-likeness (QED) is 0.694. The number of benzene rings is 1. The maximum atomic E-state index is 12.5. The Morgan fingerprint density at radius 3 is 2.69 bits per heavy atom. The topological polar surface area (TPSA) is 113 Å². The fourth-order valence-corrected chi connectivity index (χ4v) is 3.30. The molecule has 1 aliphatic carbocycles. The van der Waals surface area contributed by atoms with Crippen molar-refractivity contribution in [2.24, 2.45) is 0 Å². The smallest absolute Gasteiger partial charge is 0.342 e. The molecular weight excluding hydrogens is 372 g/mol. The van der Waals surface area contributed by atoms with Crippen LogP contribution in [0.5, 0.6) is 5.75 Å². The number of esters is 1. The third kappa shape index (κ3) is 4.82. The predicted molar refractivity (Wildman–Crippen MR) is 106 cm³/mol. The zero-order chi connectivity index (χ0) is 20.7. The van der Waals surface area contributed by atoms with E-state index in [1.807, 2.05) is 12.1 Å². The zero-order valence-corrected chi connectivity index (χ0v) is 16.1. The Labute approximate surface area is 168 Å². The van der Waals surface area contributed by atoms with Crippen molar-refractivity contribution < 1.29 is 19.1 Å². The molecule has 150 valence electrons. The Bertz CT molecular complexity index is 932. The van der Waals surface area contributed by atoms with Gasteiger partial charge in [-0.15, -0.1) is 0 Å². The summed E-state index contributed by atoms with van der Waals surface area (Å²) in [7, 11) is 1.55. The molecule has 0 atom stereocenters. The van der Waals surface area contributed by atoms with Crippen LogP contribution in [0, 0.1) is 11.3 Å². The third-order valence-corrected chi connectivity index (χ3v) is 4.77. The van der Waals surface area contributed by atoms with Crippen molar-refractivity contribution in [1.82, 2.24) is 10.3 Å². The Morgan fingerprint density at radius 2 is 1.97 bits per heavy atom. The van der Waals surface area contributed by atoms with E-state index >= 15 is 0 Å². The van der Waals surface area contributed by atoms with E-state index in [9.17, 15) is 14.9 Å². The highest BCUT2D eigenvalue weighted by molar-refractivity contribution is 5.96. The Morgan fingerprint density at radius 1 is 1.21 bits per heavy atom. The number of carbonyl (C=O) groups excluding carboxylic acids is 2. The number of anilines is 2. The molecule has 0 spiro atoms. The maximum Gasteiger partial charge on any atom is 0.342 e. The van der Waals surface area contributed by atoms with Crippen LogP contribution in [0.1, 0.15) is 36.0 Å². The molecule has 0 bridgehead atoms. The first-order chi connectivity index (χ1) is 14.1. The molecule has 1 heterocycles. The first-order valence-electron chi connectivity index (χ1n) is 9.31. The second kappa shape index (κ2) is 9.06. The van der Waals surface area contributed by atoms with Gasteiger partial charge < -0.3 is 20.1 Å². The number of methoxy groups -OCH3 is 1. The second-order valence-corrected chi connectivity index (χ2v) is 6.75. The van der Waals surface area contributed by atoms with Gasteiger partial charge in [-0.25, -0.2) is 9.78 Å². The van der Waals surface area contributed by atoms with Gasteiger partial charge in [-0.3, -0.25) is 4.79 Å². The molecule has 0 saturated heterocycles. The third-order valence-electron chi connectivity index (χ3n) is 4.77. The maximum absolute atomic E-state index is 12.5. The van der Waals surface area contributed by atoms with Gasteiger partial charge in [0.15, 0.2) is 6.61 Å². The SMILES string of the molecule is COc1ccccc1Nc1ncccc1C(=O)OCC(=O)NC1(C#N)CCCC1. The molecule has 8 nitrogen and oxygen atoms in total.